The molecule has 0 aliphatic carbocycles. The third-order valence-corrected chi connectivity index (χ3v) is 4.73. The minimum atomic E-state index is -0.589. The number of nitrogens with one attached hydrogen (secondary N) is 1. The molecule has 0 aliphatic heterocycles. The Hall–Kier alpha value is -3.14. The molecule has 1 heterocycles. The smallest absolute Gasteiger partial charge is 0.312 e. The van der Waals surface area contributed by atoms with E-state index in [1.807, 2.05) is 12.1 Å². The molecular weight excluding hydrogens is 398 g/mol. The topological polar surface area (TPSA) is 107 Å². The van der Waals surface area contributed by atoms with Crippen LogP contribution in [0.15, 0.2) is 23.6 Å². The molecule has 0 saturated carbocycles. The van der Waals surface area contributed by atoms with E-state index in [1.54, 1.807) is 39.8 Å². The maximum atomic E-state index is 12.0. The van der Waals surface area contributed by atoms with Gasteiger partial charge in [0.2, 0.25) is 5.91 Å². The number of benzene rings is 1. The van der Waals surface area contributed by atoms with E-state index in [0.29, 0.717) is 22.2 Å². The van der Waals surface area contributed by atoms with Gasteiger partial charge >= 0.3 is 5.97 Å². The van der Waals surface area contributed by atoms with Crippen molar-refractivity contribution in [3.8, 4) is 22.1 Å². The highest BCUT2D eigenvalue weighted by atomic mass is 32.1. The zero-order valence-corrected chi connectivity index (χ0v) is 17.5. The summed E-state index contributed by atoms with van der Waals surface area (Å²) in [5.74, 6) is -0.253. The van der Waals surface area contributed by atoms with Gasteiger partial charge in [-0.2, -0.15) is 0 Å². The van der Waals surface area contributed by atoms with Crippen LogP contribution < -0.4 is 14.8 Å². The fourth-order valence-electron chi connectivity index (χ4n) is 2.30. The quantitative estimate of drug-likeness (QED) is 0.605. The zero-order chi connectivity index (χ0) is 21.4. The number of rotatable bonds is 9. The van der Waals surface area contributed by atoms with Gasteiger partial charge in [0.1, 0.15) is 5.01 Å². The molecule has 29 heavy (non-hydrogen) atoms. The lowest BCUT2D eigenvalue weighted by Gasteiger charge is -2.11. The third kappa shape index (κ3) is 6.18. The van der Waals surface area contributed by atoms with Crippen LogP contribution in [0, 0.1) is 0 Å². The van der Waals surface area contributed by atoms with Crippen molar-refractivity contribution >= 4 is 29.1 Å². The number of hydrogen-bond donors (Lipinski definition) is 1. The van der Waals surface area contributed by atoms with Crippen LogP contribution >= 0.6 is 11.3 Å². The summed E-state index contributed by atoms with van der Waals surface area (Å²) in [6.07, 6.45) is -0.0767. The first-order valence-electron chi connectivity index (χ1n) is 8.64. The van der Waals surface area contributed by atoms with Gasteiger partial charge in [-0.15, -0.1) is 11.3 Å². The van der Waals surface area contributed by atoms with E-state index in [4.69, 9.17) is 14.2 Å². The van der Waals surface area contributed by atoms with Crippen molar-refractivity contribution in [3.05, 3.63) is 29.3 Å². The number of amides is 2. The molecule has 0 fully saturated rings. The molecule has 0 spiro atoms. The van der Waals surface area contributed by atoms with Crippen molar-refractivity contribution in [2.45, 2.75) is 6.42 Å². The predicted molar refractivity (Wildman–Crippen MR) is 107 cm³/mol. The molecular formula is C19H23N3O6S. The van der Waals surface area contributed by atoms with Gasteiger partial charge in [-0.3, -0.25) is 14.4 Å². The van der Waals surface area contributed by atoms with E-state index in [9.17, 15) is 14.4 Å². The molecule has 0 saturated heterocycles. The lowest BCUT2D eigenvalue weighted by Crippen LogP contribution is -2.38. The molecule has 2 aromatic rings. The van der Waals surface area contributed by atoms with Gasteiger partial charge in [-0.25, -0.2) is 4.98 Å². The van der Waals surface area contributed by atoms with E-state index < -0.39 is 18.5 Å². The van der Waals surface area contributed by atoms with Gasteiger partial charge in [-0.1, -0.05) is 6.07 Å². The molecule has 1 aromatic heterocycles. The lowest BCUT2D eigenvalue weighted by atomic mass is 10.2. The summed E-state index contributed by atoms with van der Waals surface area (Å²) in [7, 11) is 6.26. The fraction of sp³-hybridized carbons (Fsp3) is 0.368. The van der Waals surface area contributed by atoms with E-state index in [2.05, 4.69) is 10.3 Å². The number of ether oxygens (including phenoxy) is 3. The Morgan fingerprint density at radius 1 is 1.17 bits per heavy atom. The average Bonchev–Trinajstić information content (AvgIpc) is 3.17. The van der Waals surface area contributed by atoms with Gasteiger partial charge in [0.15, 0.2) is 18.1 Å². The van der Waals surface area contributed by atoms with Crippen molar-refractivity contribution in [1.82, 2.24) is 15.2 Å². The Labute approximate surface area is 172 Å². The Morgan fingerprint density at radius 2 is 1.93 bits per heavy atom. The molecule has 1 aromatic carbocycles. The zero-order valence-electron chi connectivity index (χ0n) is 16.7. The van der Waals surface area contributed by atoms with Crippen LogP contribution in [0.2, 0.25) is 0 Å². The van der Waals surface area contributed by atoms with Crippen LogP contribution in [0.1, 0.15) is 5.69 Å². The van der Waals surface area contributed by atoms with E-state index in [1.165, 1.54) is 16.2 Å². The van der Waals surface area contributed by atoms with Crippen LogP contribution in [0.25, 0.3) is 10.6 Å². The summed E-state index contributed by atoms with van der Waals surface area (Å²) in [5.41, 5.74) is 1.27. The number of aromatic nitrogens is 1. The molecule has 0 atom stereocenters. The number of nitrogens with zero attached hydrogens (tertiary/aromatic N) is 2. The van der Waals surface area contributed by atoms with Crippen LogP contribution in [0.4, 0.5) is 0 Å². The van der Waals surface area contributed by atoms with Crippen LogP contribution in [0.3, 0.4) is 0 Å². The number of esters is 1. The highest BCUT2D eigenvalue weighted by Crippen LogP contribution is 2.38. The summed E-state index contributed by atoms with van der Waals surface area (Å²) in [6, 6.07) is 5.46. The minimum Gasteiger partial charge on any atom is -0.493 e. The van der Waals surface area contributed by atoms with Crippen LogP contribution in [-0.4, -0.2) is 69.1 Å². The second-order valence-electron chi connectivity index (χ2n) is 6.09. The second-order valence-corrected chi connectivity index (χ2v) is 6.95. The molecule has 156 valence electrons. The average molecular weight is 421 g/mol. The fourth-order valence-corrected chi connectivity index (χ4v) is 3.14. The highest BCUT2D eigenvalue weighted by molar-refractivity contribution is 7.13. The van der Waals surface area contributed by atoms with Crippen LogP contribution in [-0.2, 0) is 25.5 Å². The second kappa shape index (κ2) is 10.4. The molecule has 0 bridgehead atoms. The Kier molecular flexibility index (Phi) is 7.96. The molecule has 2 rings (SSSR count). The summed E-state index contributed by atoms with van der Waals surface area (Å²) < 4.78 is 15.6. The summed E-state index contributed by atoms with van der Waals surface area (Å²) in [4.78, 5) is 40.8. The number of carbonyl (C=O) groups excluding carboxylic acids is 3. The van der Waals surface area contributed by atoms with Gasteiger partial charge in [-0.05, 0) is 12.1 Å². The number of methoxy groups -OCH3 is 2. The third-order valence-electron chi connectivity index (χ3n) is 3.81. The number of thiazole rings is 1. The maximum Gasteiger partial charge on any atom is 0.312 e. The Morgan fingerprint density at radius 3 is 2.59 bits per heavy atom. The number of likely N-dealkylation sites (N-methyl/N-ethyl adjacent to an activating group) is 1. The molecule has 0 radical (unpaired) electrons. The Bertz CT molecular complexity index is 881. The first kappa shape index (κ1) is 22.2. The number of carbonyl (C=O) groups is 3. The van der Waals surface area contributed by atoms with Crippen LogP contribution in [0.5, 0.6) is 11.5 Å². The minimum absolute atomic E-state index is 0.0767. The SMILES string of the molecule is COc1cccc(-c2nc(CC(=O)OCC(=O)NCC(=O)N(C)C)cs2)c1OC. The molecule has 10 heteroatoms. The number of para-hydroxylation sites is 1. The molecule has 2 amide bonds. The van der Waals surface area contributed by atoms with E-state index >= 15 is 0 Å². The molecule has 0 unspecified atom stereocenters. The highest BCUT2D eigenvalue weighted by Gasteiger charge is 2.16. The largest absolute Gasteiger partial charge is 0.493 e. The van der Waals surface area contributed by atoms with Gasteiger partial charge in [0.05, 0.1) is 38.4 Å². The predicted octanol–water partition coefficient (Wildman–Crippen LogP) is 1.12. The van der Waals surface area contributed by atoms with E-state index in [-0.39, 0.29) is 18.9 Å². The lowest BCUT2D eigenvalue weighted by molar-refractivity contribution is -0.148. The maximum absolute atomic E-state index is 12.0. The molecule has 0 aliphatic rings. The Balaban J connectivity index is 1.91. The van der Waals surface area contributed by atoms with Crippen molar-refractivity contribution in [2.24, 2.45) is 0 Å². The van der Waals surface area contributed by atoms with Crippen molar-refractivity contribution in [2.75, 3.05) is 41.5 Å². The first-order chi connectivity index (χ1) is 13.8. The molecule has 1 N–H and O–H groups in total. The van der Waals surface area contributed by atoms with Crippen molar-refractivity contribution in [3.63, 3.8) is 0 Å². The normalized spacial score (nSPS) is 10.2. The van der Waals surface area contributed by atoms with Gasteiger partial charge in [0, 0.05) is 19.5 Å². The monoisotopic (exact) mass is 421 g/mol. The summed E-state index contributed by atoms with van der Waals surface area (Å²) in [6.45, 7) is -0.610. The van der Waals surface area contributed by atoms with Gasteiger partial charge < -0.3 is 24.4 Å². The summed E-state index contributed by atoms with van der Waals surface area (Å²) >= 11 is 1.36. The first-order valence-corrected chi connectivity index (χ1v) is 9.52. The molecule has 9 nitrogen and oxygen atoms in total. The standard InChI is InChI=1S/C19H23N3O6S/c1-22(2)16(24)9-20-15(23)10-28-17(25)8-12-11-29-19(21-12)13-6-5-7-14(26-3)18(13)27-4/h5-7,11H,8-10H2,1-4H3,(H,20,23). The number of hydrogen-bond acceptors (Lipinski definition) is 8. The van der Waals surface area contributed by atoms with E-state index in [0.717, 1.165) is 5.56 Å². The van der Waals surface area contributed by atoms with Crippen molar-refractivity contribution < 1.29 is 28.6 Å². The van der Waals surface area contributed by atoms with Crippen molar-refractivity contribution in [1.29, 1.82) is 0 Å². The van der Waals surface area contributed by atoms with Gasteiger partial charge in [0.25, 0.3) is 5.91 Å². The summed E-state index contributed by atoms with van der Waals surface area (Å²) in [5, 5.41) is 4.80.